The molecule has 1 aliphatic rings. The molecule has 1 saturated heterocycles. The first-order valence-corrected chi connectivity index (χ1v) is 11.8. The van der Waals surface area contributed by atoms with Crippen molar-refractivity contribution in [3.05, 3.63) is 53.6 Å². The number of nitrogens with one attached hydrogen (secondary N) is 3. The number of carbonyl (C=O) groups excluding carboxylic acids is 1. The van der Waals surface area contributed by atoms with E-state index < -0.39 is 47.2 Å². The zero-order chi connectivity index (χ0) is 26.3. The summed E-state index contributed by atoms with van der Waals surface area (Å²) < 4.78 is 76.3. The first-order chi connectivity index (χ1) is 17.1. The van der Waals surface area contributed by atoms with Crippen molar-refractivity contribution in [2.45, 2.75) is 31.5 Å². The van der Waals surface area contributed by atoms with Crippen molar-refractivity contribution in [2.75, 3.05) is 30.3 Å². The van der Waals surface area contributed by atoms with E-state index in [-0.39, 0.29) is 36.2 Å². The lowest BCUT2D eigenvalue weighted by molar-refractivity contribution is -0.137. The van der Waals surface area contributed by atoms with E-state index in [1.165, 1.54) is 17.0 Å². The molecule has 0 spiro atoms. The molecule has 0 aliphatic carbocycles. The van der Waals surface area contributed by atoms with E-state index in [1.54, 1.807) is 0 Å². The standard InChI is InChI=1S/C21H24F4N6O4S/c22-14-5-6-17(13(9-14)3-1-7-27-36(34)35)29-19-16(21(23,24)25)10-26-20(30-19)28-15-4-2-8-31(11-15)18(33)12-32/h1,5-7,9-10,15,27,32H,2-4,8,11-12H2,(H,34,35)(H2,26,28,29,30)/b7-1+. The molecule has 1 aromatic carbocycles. The molecule has 1 amide bonds. The van der Waals surface area contributed by atoms with Crippen LogP contribution in [0.1, 0.15) is 24.0 Å². The van der Waals surface area contributed by atoms with Crippen molar-refractivity contribution in [1.82, 2.24) is 19.6 Å². The number of rotatable bonds is 9. The zero-order valence-corrected chi connectivity index (χ0v) is 19.6. The van der Waals surface area contributed by atoms with Crippen molar-refractivity contribution < 1.29 is 36.2 Å². The van der Waals surface area contributed by atoms with Gasteiger partial charge in [-0.1, -0.05) is 6.08 Å². The summed E-state index contributed by atoms with van der Waals surface area (Å²) in [5.74, 6) is -1.74. The van der Waals surface area contributed by atoms with Crippen molar-refractivity contribution in [1.29, 1.82) is 0 Å². The third-order valence-electron chi connectivity index (χ3n) is 5.28. The van der Waals surface area contributed by atoms with Crippen LogP contribution in [0.3, 0.4) is 0 Å². The van der Waals surface area contributed by atoms with Crippen LogP contribution in [0, 0.1) is 5.82 Å². The first kappa shape index (κ1) is 27.3. The van der Waals surface area contributed by atoms with E-state index in [0.29, 0.717) is 25.6 Å². The summed E-state index contributed by atoms with van der Waals surface area (Å²) in [6, 6.07) is 3.10. The van der Waals surface area contributed by atoms with Crippen LogP contribution in [-0.2, 0) is 28.7 Å². The number of hydrogen-bond acceptors (Lipinski definition) is 7. The number of halogens is 4. The number of anilines is 3. The number of nitrogens with zero attached hydrogens (tertiary/aromatic N) is 3. The summed E-state index contributed by atoms with van der Waals surface area (Å²) in [6.07, 6.45) is -0.337. The Morgan fingerprint density at radius 3 is 2.81 bits per heavy atom. The highest BCUT2D eigenvalue weighted by Crippen LogP contribution is 2.36. The number of hydrogen-bond donors (Lipinski definition) is 5. The van der Waals surface area contributed by atoms with Crippen LogP contribution in [0.15, 0.2) is 36.7 Å². The van der Waals surface area contributed by atoms with Crippen molar-refractivity contribution in [3.63, 3.8) is 0 Å². The number of benzene rings is 1. The third-order valence-corrected chi connectivity index (χ3v) is 5.62. The molecule has 15 heteroatoms. The fraction of sp³-hybridized carbons (Fsp3) is 0.381. The molecule has 2 unspecified atom stereocenters. The van der Waals surface area contributed by atoms with Gasteiger partial charge in [0.1, 0.15) is 23.8 Å². The lowest BCUT2D eigenvalue weighted by atomic mass is 10.1. The quantitative estimate of drug-likeness (QED) is 0.245. The number of amides is 1. The van der Waals surface area contributed by atoms with Gasteiger partial charge in [0, 0.05) is 37.2 Å². The van der Waals surface area contributed by atoms with E-state index in [9.17, 15) is 26.6 Å². The highest BCUT2D eigenvalue weighted by molar-refractivity contribution is 7.77. The normalized spacial score (nSPS) is 17.2. The Hall–Kier alpha value is -3.30. The van der Waals surface area contributed by atoms with E-state index >= 15 is 0 Å². The Bertz CT molecular complexity index is 1130. The minimum atomic E-state index is -4.79. The van der Waals surface area contributed by atoms with Gasteiger partial charge >= 0.3 is 6.18 Å². The predicted octanol–water partition coefficient (Wildman–Crippen LogP) is 2.56. The van der Waals surface area contributed by atoms with Gasteiger partial charge in [0.05, 0.1) is 0 Å². The fourth-order valence-corrected chi connectivity index (χ4v) is 3.84. The fourth-order valence-electron chi connectivity index (χ4n) is 3.63. The molecule has 5 N–H and O–H groups in total. The summed E-state index contributed by atoms with van der Waals surface area (Å²) in [7, 11) is 0. The average Bonchev–Trinajstić information content (AvgIpc) is 2.82. The summed E-state index contributed by atoms with van der Waals surface area (Å²) in [5, 5.41) is 14.6. The minimum Gasteiger partial charge on any atom is -0.387 e. The number of carbonyl (C=O) groups is 1. The van der Waals surface area contributed by atoms with Gasteiger partial charge in [-0.2, -0.15) is 18.2 Å². The Labute approximate surface area is 206 Å². The van der Waals surface area contributed by atoms with E-state index in [0.717, 1.165) is 18.3 Å². The Morgan fingerprint density at radius 1 is 1.33 bits per heavy atom. The Balaban J connectivity index is 1.86. The minimum absolute atomic E-state index is 0.0264. The smallest absolute Gasteiger partial charge is 0.387 e. The molecule has 2 atom stereocenters. The monoisotopic (exact) mass is 532 g/mol. The van der Waals surface area contributed by atoms with Crippen molar-refractivity contribution in [3.8, 4) is 0 Å². The topological polar surface area (TPSA) is 140 Å². The molecule has 2 aromatic rings. The zero-order valence-electron chi connectivity index (χ0n) is 18.8. The van der Waals surface area contributed by atoms with Crippen molar-refractivity contribution in [2.24, 2.45) is 0 Å². The van der Waals surface area contributed by atoms with E-state index in [1.807, 2.05) is 0 Å². The van der Waals surface area contributed by atoms with Crippen LogP contribution in [0.2, 0.25) is 0 Å². The lowest BCUT2D eigenvalue weighted by Gasteiger charge is -2.32. The van der Waals surface area contributed by atoms with Crippen LogP contribution in [0.4, 0.5) is 35.0 Å². The van der Waals surface area contributed by atoms with Gasteiger partial charge in [0.15, 0.2) is 0 Å². The van der Waals surface area contributed by atoms with Gasteiger partial charge in [0.2, 0.25) is 11.9 Å². The summed E-state index contributed by atoms with van der Waals surface area (Å²) in [5.41, 5.74) is -0.737. The average molecular weight is 533 g/mol. The maximum atomic E-state index is 13.8. The highest BCUT2D eigenvalue weighted by Gasteiger charge is 2.36. The Kier molecular flexibility index (Phi) is 9.17. The number of aliphatic hydroxyl groups excluding tert-OH is 1. The molecule has 36 heavy (non-hydrogen) atoms. The van der Waals surface area contributed by atoms with Crippen LogP contribution < -0.4 is 15.4 Å². The molecular formula is C21H24F4N6O4S. The third kappa shape index (κ3) is 7.60. The van der Waals surface area contributed by atoms with Gasteiger partial charge in [0.25, 0.3) is 11.3 Å². The molecule has 2 heterocycles. The SMILES string of the molecule is O=C(CO)N1CCCC(Nc2ncc(C(F)(F)F)c(Nc3ccc(F)cc3C/C=C/NS(=O)O)n2)C1. The van der Waals surface area contributed by atoms with E-state index in [4.69, 9.17) is 9.66 Å². The first-order valence-electron chi connectivity index (χ1n) is 10.7. The van der Waals surface area contributed by atoms with Crippen LogP contribution in [0.25, 0.3) is 0 Å². The van der Waals surface area contributed by atoms with Gasteiger partial charge < -0.3 is 20.6 Å². The summed E-state index contributed by atoms with van der Waals surface area (Å²) in [6.45, 7) is 0.0537. The largest absolute Gasteiger partial charge is 0.421 e. The van der Waals surface area contributed by atoms with Crippen LogP contribution >= 0.6 is 0 Å². The second-order valence-corrected chi connectivity index (χ2v) is 8.57. The molecule has 0 saturated carbocycles. The van der Waals surface area contributed by atoms with Crippen LogP contribution in [-0.4, -0.2) is 60.4 Å². The molecule has 1 aliphatic heterocycles. The number of aliphatic hydroxyl groups is 1. The number of likely N-dealkylation sites (tertiary alicyclic amines) is 1. The number of alkyl halides is 3. The van der Waals surface area contributed by atoms with Gasteiger partial charge in [-0.05, 0) is 43.0 Å². The second kappa shape index (κ2) is 12.1. The predicted molar refractivity (Wildman–Crippen MR) is 124 cm³/mol. The molecule has 0 radical (unpaired) electrons. The molecule has 0 bridgehead atoms. The maximum Gasteiger partial charge on any atom is 0.421 e. The maximum absolute atomic E-state index is 13.8. The van der Waals surface area contributed by atoms with Gasteiger partial charge in [-0.3, -0.25) is 14.1 Å². The van der Waals surface area contributed by atoms with Gasteiger partial charge in [-0.25, -0.2) is 13.6 Å². The summed E-state index contributed by atoms with van der Waals surface area (Å²) >= 11 is -2.30. The highest BCUT2D eigenvalue weighted by atomic mass is 32.2. The van der Waals surface area contributed by atoms with E-state index in [2.05, 4.69) is 25.3 Å². The molecule has 196 valence electrons. The van der Waals surface area contributed by atoms with Crippen molar-refractivity contribution >= 4 is 34.6 Å². The lowest BCUT2D eigenvalue weighted by Crippen LogP contribution is -2.46. The van der Waals surface area contributed by atoms with Crippen LogP contribution in [0.5, 0.6) is 0 Å². The Morgan fingerprint density at radius 2 is 2.11 bits per heavy atom. The summed E-state index contributed by atoms with van der Waals surface area (Å²) in [4.78, 5) is 21.0. The number of allylic oxidation sites excluding steroid dienone is 1. The molecule has 1 aromatic heterocycles. The second-order valence-electron chi connectivity index (χ2n) is 7.83. The van der Waals surface area contributed by atoms with Gasteiger partial charge in [-0.15, -0.1) is 0 Å². The molecular weight excluding hydrogens is 508 g/mol. The number of aromatic nitrogens is 2. The molecule has 3 rings (SSSR count). The number of piperidine rings is 1. The molecule has 10 nitrogen and oxygen atoms in total. The molecule has 1 fully saturated rings.